The standard InChI is InChI=1S/C8H5Br2ClO/c9-8(10,11)7(12)6-4-2-1-3-5-6/h1-5H. The fourth-order valence-corrected chi connectivity index (χ4v) is 1.32. The van der Waals surface area contributed by atoms with Crippen molar-refractivity contribution in [3.8, 4) is 0 Å². The van der Waals surface area contributed by atoms with Crippen molar-refractivity contribution in [2.45, 2.75) is 2.69 Å². The van der Waals surface area contributed by atoms with Gasteiger partial charge < -0.3 is 0 Å². The average molecular weight is 312 g/mol. The minimum atomic E-state index is -1.18. The Morgan fingerprint density at radius 3 is 2.17 bits per heavy atom. The van der Waals surface area contributed by atoms with E-state index in [0.29, 0.717) is 5.56 Å². The van der Waals surface area contributed by atoms with Gasteiger partial charge >= 0.3 is 0 Å². The Bertz CT molecular complexity index is 279. The highest BCUT2D eigenvalue weighted by atomic mass is 79.9. The minimum Gasteiger partial charge on any atom is -0.290 e. The number of rotatable bonds is 2. The largest absolute Gasteiger partial charge is 0.290 e. The van der Waals surface area contributed by atoms with Crippen molar-refractivity contribution in [1.29, 1.82) is 0 Å². The first kappa shape index (κ1) is 10.2. The molecule has 0 atom stereocenters. The number of hydrogen-bond acceptors (Lipinski definition) is 1. The molecule has 1 aromatic rings. The summed E-state index contributed by atoms with van der Waals surface area (Å²) in [5.74, 6) is -0.204. The molecular weight excluding hydrogens is 307 g/mol. The van der Waals surface area contributed by atoms with E-state index in [9.17, 15) is 4.79 Å². The topological polar surface area (TPSA) is 17.1 Å². The smallest absolute Gasteiger partial charge is 0.215 e. The quantitative estimate of drug-likeness (QED) is 0.603. The Balaban J connectivity index is 2.94. The maximum Gasteiger partial charge on any atom is 0.215 e. The van der Waals surface area contributed by atoms with Gasteiger partial charge in [0.15, 0.2) is 0 Å². The number of carbonyl (C=O) groups is 1. The molecule has 0 bridgehead atoms. The molecule has 0 fully saturated rings. The van der Waals surface area contributed by atoms with Crippen LogP contribution in [-0.4, -0.2) is 8.48 Å². The van der Waals surface area contributed by atoms with Gasteiger partial charge in [-0.1, -0.05) is 41.9 Å². The first-order valence-electron chi connectivity index (χ1n) is 3.18. The molecule has 1 rings (SSSR count). The maximum atomic E-state index is 11.4. The molecule has 0 N–H and O–H groups in total. The van der Waals surface area contributed by atoms with Crippen LogP contribution in [0.25, 0.3) is 0 Å². The molecule has 0 saturated heterocycles. The van der Waals surface area contributed by atoms with Crippen LogP contribution in [0.3, 0.4) is 0 Å². The monoisotopic (exact) mass is 310 g/mol. The van der Waals surface area contributed by atoms with Gasteiger partial charge in [-0.3, -0.25) is 4.79 Å². The van der Waals surface area contributed by atoms with E-state index in [-0.39, 0.29) is 5.78 Å². The third kappa shape index (κ3) is 2.57. The zero-order valence-electron chi connectivity index (χ0n) is 5.93. The Hall–Kier alpha value is 0.140. The lowest BCUT2D eigenvalue weighted by Gasteiger charge is -2.09. The molecule has 0 amide bonds. The zero-order valence-corrected chi connectivity index (χ0v) is 9.86. The van der Waals surface area contributed by atoms with Crippen LogP contribution in [-0.2, 0) is 0 Å². The van der Waals surface area contributed by atoms with Crippen LogP contribution in [0.4, 0.5) is 0 Å². The minimum absolute atomic E-state index is 0.204. The Morgan fingerprint density at radius 1 is 1.25 bits per heavy atom. The molecular formula is C8H5Br2ClO. The third-order valence-corrected chi connectivity index (χ3v) is 2.19. The second kappa shape index (κ2) is 3.90. The molecule has 0 spiro atoms. The molecule has 0 radical (unpaired) electrons. The van der Waals surface area contributed by atoms with Crippen LogP contribution in [0.15, 0.2) is 30.3 Å². The van der Waals surface area contributed by atoms with E-state index in [4.69, 9.17) is 11.6 Å². The first-order valence-corrected chi connectivity index (χ1v) is 5.15. The highest BCUT2D eigenvalue weighted by Gasteiger charge is 2.29. The summed E-state index contributed by atoms with van der Waals surface area (Å²) in [5.41, 5.74) is 0.571. The van der Waals surface area contributed by atoms with Crippen molar-refractivity contribution in [2.75, 3.05) is 0 Å². The van der Waals surface area contributed by atoms with E-state index in [1.807, 2.05) is 6.07 Å². The summed E-state index contributed by atoms with van der Waals surface area (Å²) in [6.45, 7) is 0. The highest BCUT2D eigenvalue weighted by Crippen LogP contribution is 2.34. The van der Waals surface area contributed by atoms with Crippen LogP contribution >= 0.6 is 43.5 Å². The van der Waals surface area contributed by atoms with Crippen molar-refractivity contribution >= 4 is 49.2 Å². The molecule has 0 aromatic heterocycles. The van der Waals surface area contributed by atoms with E-state index in [2.05, 4.69) is 31.9 Å². The number of ketones is 1. The fraction of sp³-hybridized carbons (Fsp3) is 0.125. The van der Waals surface area contributed by atoms with Crippen molar-refractivity contribution < 1.29 is 4.79 Å². The molecule has 0 unspecified atom stereocenters. The molecule has 0 saturated carbocycles. The van der Waals surface area contributed by atoms with Crippen LogP contribution in [0.1, 0.15) is 10.4 Å². The third-order valence-electron chi connectivity index (χ3n) is 1.29. The second-order valence-electron chi connectivity index (χ2n) is 2.19. The van der Waals surface area contributed by atoms with E-state index in [1.54, 1.807) is 24.3 Å². The number of Topliss-reactive ketones (excluding diaryl/α,β-unsaturated/α-hetero) is 1. The Kier molecular flexibility index (Phi) is 3.32. The molecule has 1 nitrogen and oxygen atoms in total. The predicted molar refractivity (Wildman–Crippen MR) is 57.2 cm³/mol. The number of benzene rings is 1. The van der Waals surface area contributed by atoms with Crippen molar-refractivity contribution in [1.82, 2.24) is 0 Å². The van der Waals surface area contributed by atoms with Gasteiger partial charge in [-0.05, 0) is 31.9 Å². The van der Waals surface area contributed by atoms with Gasteiger partial charge in [0.05, 0.1) is 0 Å². The van der Waals surface area contributed by atoms with Crippen LogP contribution in [0.5, 0.6) is 0 Å². The summed E-state index contributed by atoms with van der Waals surface area (Å²) in [6, 6.07) is 8.84. The normalized spacial score (nSPS) is 11.2. The lowest BCUT2D eigenvalue weighted by Crippen LogP contribution is -2.17. The summed E-state index contributed by atoms with van der Waals surface area (Å²) in [5, 5.41) is 0. The van der Waals surface area contributed by atoms with Gasteiger partial charge in [0.2, 0.25) is 8.48 Å². The van der Waals surface area contributed by atoms with Crippen molar-refractivity contribution in [3.63, 3.8) is 0 Å². The molecule has 0 aliphatic rings. The summed E-state index contributed by atoms with van der Waals surface area (Å²) in [7, 11) is 0. The second-order valence-corrected chi connectivity index (χ2v) is 7.12. The van der Waals surface area contributed by atoms with E-state index >= 15 is 0 Å². The van der Waals surface area contributed by atoms with Gasteiger partial charge in [-0.2, -0.15) is 0 Å². The maximum absolute atomic E-state index is 11.4. The van der Waals surface area contributed by atoms with Gasteiger partial charge in [-0.25, -0.2) is 0 Å². The number of halogens is 3. The van der Waals surface area contributed by atoms with Gasteiger partial charge in [0.1, 0.15) is 0 Å². The molecule has 0 aliphatic carbocycles. The predicted octanol–water partition coefficient (Wildman–Crippen LogP) is 3.55. The van der Waals surface area contributed by atoms with Gasteiger partial charge in [-0.15, -0.1) is 0 Å². The molecule has 64 valence electrons. The van der Waals surface area contributed by atoms with Gasteiger partial charge in [0, 0.05) is 5.56 Å². The molecule has 12 heavy (non-hydrogen) atoms. The Labute approximate surface area is 92.4 Å². The zero-order chi connectivity index (χ0) is 9.19. The molecule has 0 heterocycles. The Morgan fingerprint density at radius 2 is 1.75 bits per heavy atom. The molecule has 0 aliphatic heterocycles. The SMILES string of the molecule is O=C(c1ccccc1)C(Cl)(Br)Br. The van der Waals surface area contributed by atoms with Crippen LogP contribution < -0.4 is 0 Å². The van der Waals surface area contributed by atoms with Gasteiger partial charge in [0.25, 0.3) is 0 Å². The summed E-state index contributed by atoms with van der Waals surface area (Å²) in [4.78, 5) is 11.4. The summed E-state index contributed by atoms with van der Waals surface area (Å²) in [6.07, 6.45) is 0. The molecule has 4 heteroatoms. The number of alkyl halides is 3. The van der Waals surface area contributed by atoms with E-state index in [0.717, 1.165) is 0 Å². The number of hydrogen-bond donors (Lipinski definition) is 0. The highest BCUT2D eigenvalue weighted by molar-refractivity contribution is 9.26. The lowest BCUT2D eigenvalue weighted by atomic mass is 10.2. The molecule has 1 aromatic carbocycles. The van der Waals surface area contributed by atoms with Crippen molar-refractivity contribution in [3.05, 3.63) is 35.9 Å². The van der Waals surface area contributed by atoms with Crippen molar-refractivity contribution in [2.24, 2.45) is 0 Å². The van der Waals surface area contributed by atoms with Crippen LogP contribution in [0.2, 0.25) is 0 Å². The van der Waals surface area contributed by atoms with Crippen LogP contribution in [0, 0.1) is 0 Å². The van der Waals surface area contributed by atoms with E-state index in [1.165, 1.54) is 0 Å². The first-order chi connectivity index (χ1) is 5.52. The van der Waals surface area contributed by atoms with E-state index < -0.39 is 2.69 Å². The fourth-order valence-electron chi connectivity index (χ4n) is 0.753. The lowest BCUT2D eigenvalue weighted by molar-refractivity contribution is 0.100. The summed E-state index contributed by atoms with van der Waals surface area (Å²) < 4.78 is -1.18. The average Bonchev–Trinajstić information content (AvgIpc) is 2.03. The number of carbonyl (C=O) groups excluding carboxylic acids is 1. The summed E-state index contributed by atoms with van der Waals surface area (Å²) >= 11 is 11.7.